The van der Waals surface area contributed by atoms with Gasteiger partial charge in [0.1, 0.15) is 11.5 Å². The molecule has 0 radical (unpaired) electrons. The number of benzene rings is 1. The number of likely N-dealkylation sites (N-methyl/N-ethyl adjacent to an activating group) is 1. The van der Waals surface area contributed by atoms with Gasteiger partial charge in [0.2, 0.25) is 15.9 Å². The third-order valence-corrected chi connectivity index (χ3v) is 4.96. The molecule has 0 atom stereocenters. The van der Waals surface area contributed by atoms with Gasteiger partial charge in [0.25, 0.3) is 0 Å². The molecule has 2 rings (SSSR count). The Morgan fingerprint density at radius 2 is 2.00 bits per heavy atom. The molecular weight excluding hydrogens is 342 g/mol. The molecule has 25 heavy (non-hydrogen) atoms. The van der Waals surface area contributed by atoms with Crippen molar-refractivity contribution in [3.05, 3.63) is 53.4 Å². The van der Waals surface area contributed by atoms with Crippen LogP contribution in [0.5, 0.6) is 0 Å². The molecule has 1 aromatic carbocycles. The number of aromatic nitrogens is 1. The predicted octanol–water partition coefficient (Wildman–Crippen LogP) is 1.95. The second-order valence-corrected chi connectivity index (χ2v) is 7.29. The van der Waals surface area contributed by atoms with Gasteiger partial charge in [0.15, 0.2) is 0 Å². The fraction of sp³-hybridized carbons (Fsp3) is 0.294. The van der Waals surface area contributed by atoms with Gasteiger partial charge in [-0.3, -0.25) is 4.79 Å². The fourth-order valence-electron chi connectivity index (χ4n) is 2.14. The SMILES string of the molecule is CCNS(=O)(=O)c1ccc(/C=C/C(=O)N(C)Cc2cc(C)on2)cc1. The normalized spacial score (nSPS) is 11.8. The van der Waals surface area contributed by atoms with Crippen molar-refractivity contribution in [2.24, 2.45) is 0 Å². The number of carbonyl (C=O) groups is 1. The quantitative estimate of drug-likeness (QED) is 0.759. The molecule has 8 heteroatoms. The molecule has 134 valence electrons. The number of sulfonamides is 1. The summed E-state index contributed by atoms with van der Waals surface area (Å²) in [6, 6.07) is 8.08. The van der Waals surface area contributed by atoms with E-state index in [-0.39, 0.29) is 10.8 Å². The summed E-state index contributed by atoms with van der Waals surface area (Å²) in [7, 11) is -1.80. The van der Waals surface area contributed by atoms with Gasteiger partial charge in [-0.1, -0.05) is 24.2 Å². The Labute approximate surface area is 147 Å². The van der Waals surface area contributed by atoms with Crippen molar-refractivity contribution in [2.75, 3.05) is 13.6 Å². The number of hydrogen-bond donors (Lipinski definition) is 1. The summed E-state index contributed by atoms with van der Waals surface area (Å²) in [6.07, 6.45) is 3.07. The van der Waals surface area contributed by atoms with E-state index in [1.165, 1.54) is 23.1 Å². The van der Waals surface area contributed by atoms with Crippen LogP contribution in [-0.4, -0.2) is 38.0 Å². The number of nitrogens with one attached hydrogen (secondary N) is 1. The van der Waals surface area contributed by atoms with E-state index in [1.807, 2.05) is 0 Å². The maximum atomic E-state index is 12.1. The lowest BCUT2D eigenvalue weighted by Crippen LogP contribution is -2.24. The molecule has 0 aliphatic heterocycles. The van der Waals surface area contributed by atoms with Crippen LogP contribution in [0.4, 0.5) is 0 Å². The van der Waals surface area contributed by atoms with Gasteiger partial charge < -0.3 is 9.42 Å². The van der Waals surface area contributed by atoms with Crippen LogP contribution >= 0.6 is 0 Å². The van der Waals surface area contributed by atoms with E-state index in [2.05, 4.69) is 9.88 Å². The maximum Gasteiger partial charge on any atom is 0.246 e. The van der Waals surface area contributed by atoms with Crippen molar-refractivity contribution in [1.29, 1.82) is 0 Å². The summed E-state index contributed by atoms with van der Waals surface area (Å²) in [4.78, 5) is 13.8. The lowest BCUT2D eigenvalue weighted by atomic mass is 10.2. The van der Waals surface area contributed by atoms with Gasteiger partial charge in [-0.05, 0) is 30.7 Å². The highest BCUT2D eigenvalue weighted by atomic mass is 32.2. The molecule has 0 spiro atoms. The summed E-state index contributed by atoms with van der Waals surface area (Å²) in [5.74, 6) is 0.504. The largest absolute Gasteiger partial charge is 0.361 e. The number of nitrogens with zero attached hydrogens (tertiary/aromatic N) is 2. The van der Waals surface area contributed by atoms with Gasteiger partial charge in [-0.25, -0.2) is 13.1 Å². The zero-order valence-electron chi connectivity index (χ0n) is 14.4. The van der Waals surface area contributed by atoms with E-state index in [9.17, 15) is 13.2 Å². The van der Waals surface area contributed by atoms with E-state index in [4.69, 9.17) is 4.52 Å². The van der Waals surface area contributed by atoms with Crippen LogP contribution in [0.3, 0.4) is 0 Å². The van der Waals surface area contributed by atoms with Crippen LogP contribution < -0.4 is 4.72 Å². The van der Waals surface area contributed by atoms with Crippen LogP contribution in [0.1, 0.15) is 23.9 Å². The molecule has 1 N–H and O–H groups in total. The average Bonchev–Trinajstić information content (AvgIpc) is 2.97. The first-order valence-corrected chi connectivity index (χ1v) is 9.25. The molecule has 1 heterocycles. The smallest absolute Gasteiger partial charge is 0.246 e. The highest BCUT2D eigenvalue weighted by Gasteiger charge is 2.12. The highest BCUT2D eigenvalue weighted by molar-refractivity contribution is 7.89. The molecule has 0 saturated heterocycles. The maximum absolute atomic E-state index is 12.1. The molecular formula is C17H21N3O4S. The monoisotopic (exact) mass is 363 g/mol. The minimum Gasteiger partial charge on any atom is -0.361 e. The van der Waals surface area contributed by atoms with Crippen LogP contribution in [0, 0.1) is 6.92 Å². The van der Waals surface area contributed by atoms with Crippen molar-refractivity contribution in [3.63, 3.8) is 0 Å². The van der Waals surface area contributed by atoms with Gasteiger partial charge in [0.05, 0.1) is 11.4 Å². The lowest BCUT2D eigenvalue weighted by molar-refractivity contribution is -0.125. The Bertz CT molecular complexity index is 854. The average molecular weight is 363 g/mol. The van der Waals surface area contributed by atoms with Gasteiger partial charge >= 0.3 is 0 Å². The Hall–Kier alpha value is -2.45. The number of rotatable bonds is 7. The zero-order valence-corrected chi connectivity index (χ0v) is 15.2. The first-order valence-electron chi connectivity index (χ1n) is 7.77. The summed E-state index contributed by atoms with van der Waals surface area (Å²) < 4.78 is 31.1. The molecule has 0 unspecified atom stereocenters. The van der Waals surface area contributed by atoms with Crippen molar-refractivity contribution in [1.82, 2.24) is 14.8 Å². The molecule has 0 fully saturated rings. The summed E-state index contributed by atoms with van der Waals surface area (Å²) in [6.45, 7) is 4.19. The van der Waals surface area contributed by atoms with Crippen molar-refractivity contribution < 1.29 is 17.7 Å². The zero-order chi connectivity index (χ0) is 18.4. The minimum atomic E-state index is -3.47. The molecule has 0 bridgehead atoms. The van der Waals surface area contributed by atoms with E-state index in [0.717, 1.165) is 5.56 Å². The Kier molecular flexibility index (Phi) is 6.11. The minimum absolute atomic E-state index is 0.190. The standard InChI is InChI=1S/C17H21N3O4S/c1-4-18-25(22,23)16-8-5-14(6-9-16)7-10-17(21)20(3)12-15-11-13(2)24-19-15/h5-11,18H,4,12H2,1-3H3/b10-7+. The molecule has 1 amide bonds. The first-order chi connectivity index (χ1) is 11.8. The van der Waals surface area contributed by atoms with Crippen LogP contribution in [-0.2, 0) is 21.4 Å². The third-order valence-electron chi connectivity index (χ3n) is 3.40. The lowest BCUT2D eigenvalue weighted by Gasteiger charge is -2.12. The molecule has 0 aliphatic carbocycles. The third kappa shape index (κ3) is 5.27. The molecule has 1 aromatic heterocycles. The molecule has 7 nitrogen and oxygen atoms in total. The topological polar surface area (TPSA) is 92.5 Å². The summed E-state index contributed by atoms with van der Waals surface area (Å²) >= 11 is 0. The second-order valence-electron chi connectivity index (χ2n) is 5.53. The van der Waals surface area contributed by atoms with Crippen LogP contribution in [0.15, 0.2) is 45.8 Å². The number of hydrogen-bond acceptors (Lipinski definition) is 5. The van der Waals surface area contributed by atoms with E-state index in [0.29, 0.717) is 24.5 Å². The predicted molar refractivity (Wildman–Crippen MR) is 94.1 cm³/mol. The number of amides is 1. The van der Waals surface area contributed by atoms with Crippen molar-refractivity contribution >= 4 is 22.0 Å². The van der Waals surface area contributed by atoms with Gasteiger partial charge in [-0.2, -0.15) is 0 Å². The van der Waals surface area contributed by atoms with Gasteiger partial charge in [-0.15, -0.1) is 0 Å². The fourth-order valence-corrected chi connectivity index (χ4v) is 3.18. The second kappa shape index (κ2) is 8.09. The molecule has 2 aromatic rings. The number of aryl methyl sites for hydroxylation is 1. The van der Waals surface area contributed by atoms with Crippen molar-refractivity contribution in [2.45, 2.75) is 25.3 Å². The van der Waals surface area contributed by atoms with E-state index >= 15 is 0 Å². The Balaban J connectivity index is 1.99. The van der Waals surface area contributed by atoms with Crippen LogP contribution in [0.25, 0.3) is 6.08 Å². The Morgan fingerprint density at radius 1 is 1.32 bits per heavy atom. The summed E-state index contributed by atoms with van der Waals surface area (Å²) in [5, 5.41) is 3.85. The highest BCUT2D eigenvalue weighted by Crippen LogP contribution is 2.12. The molecule has 0 aliphatic rings. The van der Waals surface area contributed by atoms with Gasteiger partial charge in [0, 0.05) is 25.7 Å². The van der Waals surface area contributed by atoms with Crippen molar-refractivity contribution in [3.8, 4) is 0 Å². The first kappa shape index (κ1) is 18.9. The number of carbonyl (C=O) groups excluding carboxylic acids is 1. The van der Waals surface area contributed by atoms with E-state index < -0.39 is 10.0 Å². The molecule has 0 saturated carbocycles. The Morgan fingerprint density at radius 3 is 2.56 bits per heavy atom. The van der Waals surface area contributed by atoms with E-state index in [1.54, 1.807) is 45.2 Å². The van der Waals surface area contributed by atoms with Crippen LogP contribution in [0.2, 0.25) is 0 Å². The summed E-state index contributed by atoms with van der Waals surface area (Å²) in [5.41, 5.74) is 1.41.